The maximum atomic E-state index is 14.5. The molecule has 0 aliphatic carbocycles. The van der Waals surface area contributed by atoms with Crippen LogP contribution in [0.5, 0.6) is 5.75 Å². The third-order valence-corrected chi connectivity index (χ3v) is 6.30. The number of hydrogen-bond acceptors (Lipinski definition) is 4. The summed E-state index contributed by atoms with van der Waals surface area (Å²) in [5.41, 5.74) is 2.53. The van der Waals surface area contributed by atoms with Crippen LogP contribution in [-0.2, 0) is 22.6 Å². The molecule has 3 aromatic rings. The second-order valence-corrected chi connectivity index (χ2v) is 8.24. The molecule has 0 radical (unpaired) electrons. The monoisotopic (exact) mass is 449 g/mol. The Morgan fingerprint density at radius 2 is 1.94 bits per heavy atom. The fraction of sp³-hybridized carbons (Fsp3) is 0.308. The fourth-order valence-electron chi connectivity index (χ4n) is 4.31. The SMILES string of the molecule is CN[C@@H](C)C(=O)N[C@H]1CCc2ccccc2N(Cc2c(OC)ccc3c(F)cccc23)C1=O. The minimum Gasteiger partial charge on any atom is -0.496 e. The first-order valence-corrected chi connectivity index (χ1v) is 11.1. The third kappa shape index (κ3) is 4.41. The van der Waals surface area contributed by atoms with Crippen molar-refractivity contribution in [3.8, 4) is 5.75 Å². The maximum Gasteiger partial charge on any atom is 0.249 e. The summed E-state index contributed by atoms with van der Waals surface area (Å²) in [5.74, 6) is -0.184. The molecule has 1 aliphatic rings. The molecule has 1 aliphatic heterocycles. The van der Waals surface area contributed by atoms with E-state index >= 15 is 0 Å². The van der Waals surface area contributed by atoms with Crippen molar-refractivity contribution in [3.05, 3.63) is 71.5 Å². The van der Waals surface area contributed by atoms with Crippen LogP contribution in [0.25, 0.3) is 10.8 Å². The smallest absolute Gasteiger partial charge is 0.249 e. The molecule has 4 rings (SSSR count). The van der Waals surface area contributed by atoms with Crippen molar-refractivity contribution in [2.24, 2.45) is 0 Å². The Kier molecular flexibility index (Phi) is 6.60. The predicted molar refractivity (Wildman–Crippen MR) is 127 cm³/mol. The number of rotatable bonds is 6. The molecule has 6 nitrogen and oxygen atoms in total. The Balaban J connectivity index is 1.78. The maximum absolute atomic E-state index is 14.5. The molecular weight excluding hydrogens is 421 g/mol. The topological polar surface area (TPSA) is 70.7 Å². The molecule has 3 aromatic carbocycles. The second-order valence-electron chi connectivity index (χ2n) is 8.24. The van der Waals surface area contributed by atoms with E-state index in [2.05, 4.69) is 10.6 Å². The number of carbonyl (C=O) groups is 2. The second kappa shape index (κ2) is 9.58. The van der Waals surface area contributed by atoms with E-state index < -0.39 is 12.1 Å². The molecule has 0 saturated carbocycles. The minimum absolute atomic E-state index is 0.188. The van der Waals surface area contributed by atoms with Gasteiger partial charge in [-0.1, -0.05) is 30.3 Å². The summed E-state index contributed by atoms with van der Waals surface area (Å²) in [6, 6.07) is 15.0. The lowest BCUT2D eigenvalue weighted by atomic mass is 10.0. The normalized spacial score (nSPS) is 16.8. The lowest BCUT2D eigenvalue weighted by Crippen LogP contribution is -2.52. The van der Waals surface area contributed by atoms with Gasteiger partial charge >= 0.3 is 0 Å². The van der Waals surface area contributed by atoms with Crippen LogP contribution in [0.2, 0.25) is 0 Å². The number of benzene rings is 3. The van der Waals surface area contributed by atoms with E-state index in [1.807, 2.05) is 30.3 Å². The summed E-state index contributed by atoms with van der Waals surface area (Å²) in [6.07, 6.45) is 1.15. The Morgan fingerprint density at radius 3 is 2.70 bits per heavy atom. The van der Waals surface area contributed by atoms with Crippen molar-refractivity contribution < 1.29 is 18.7 Å². The highest BCUT2D eigenvalue weighted by molar-refractivity contribution is 6.01. The number of anilines is 1. The Labute approximate surface area is 192 Å². The van der Waals surface area contributed by atoms with Crippen molar-refractivity contribution in [2.45, 2.75) is 38.4 Å². The van der Waals surface area contributed by atoms with E-state index in [0.29, 0.717) is 34.9 Å². The number of halogens is 1. The zero-order valence-corrected chi connectivity index (χ0v) is 19.0. The zero-order valence-electron chi connectivity index (χ0n) is 19.0. The van der Waals surface area contributed by atoms with Gasteiger partial charge in [0.25, 0.3) is 0 Å². The lowest BCUT2D eigenvalue weighted by molar-refractivity contribution is -0.128. The molecule has 0 saturated heterocycles. The summed E-state index contributed by atoms with van der Waals surface area (Å²) in [7, 11) is 3.26. The van der Waals surface area contributed by atoms with E-state index in [4.69, 9.17) is 4.74 Å². The average molecular weight is 450 g/mol. The van der Waals surface area contributed by atoms with Crippen LogP contribution in [-0.4, -0.2) is 38.1 Å². The molecule has 2 atom stereocenters. The van der Waals surface area contributed by atoms with Crippen LogP contribution in [0.3, 0.4) is 0 Å². The summed E-state index contributed by atoms with van der Waals surface area (Å²) in [6.45, 7) is 1.94. The van der Waals surface area contributed by atoms with Gasteiger partial charge in [0, 0.05) is 16.6 Å². The lowest BCUT2D eigenvalue weighted by Gasteiger charge is -2.28. The van der Waals surface area contributed by atoms with Crippen LogP contribution >= 0.6 is 0 Å². The van der Waals surface area contributed by atoms with E-state index in [-0.39, 0.29) is 24.2 Å². The number of ether oxygens (including phenoxy) is 1. The van der Waals surface area contributed by atoms with Crippen molar-refractivity contribution in [1.82, 2.24) is 10.6 Å². The molecule has 7 heteroatoms. The van der Waals surface area contributed by atoms with Gasteiger partial charge < -0.3 is 20.3 Å². The molecule has 0 spiro atoms. The van der Waals surface area contributed by atoms with Crippen LogP contribution in [0.4, 0.5) is 10.1 Å². The first-order valence-electron chi connectivity index (χ1n) is 11.1. The summed E-state index contributed by atoms with van der Waals surface area (Å²) in [5, 5.41) is 6.96. The van der Waals surface area contributed by atoms with Gasteiger partial charge in [-0.15, -0.1) is 0 Å². The molecule has 0 aromatic heterocycles. The number of nitrogens with one attached hydrogen (secondary N) is 2. The largest absolute Gasteiger partial charge is 0.496 e. The van der Waals surface area contributed by atoms with Gasteiger partial charge in [-0.05, 0) is 62.0 Å². The standard InChI is InChI=1S/C26H28FN3O3/c1-16(28-2)25(31)29-22-13-11-17-7-4-5-10-23(17)30(26(22)32)15-20-18-8-6-9-21(27)19(18)12-14-24(20)33-3/h4-10,12,14,16,22,28H,11,13,15H2,1-3H3,(H,29,31)/t16-,22-/m0/s1. The van der Waals surface area contributed by atoms with Gasteiger partial charge in [-0.25, -0.2) is 4.39 Å². The number of hydrogen-bond donors (Lipinski definition) is 2. The first-order chi connectivity index (χ1) is 15.9. The van der Waals surface area contributed by atoms with Crippen molar-refractivity contribution in [3.63, 3.8) is 0 Å². The Bertz CT molecular complexity index is 1200. The summed E-state index contributed by atoms with van der Waals surface area (Å²) in [4.78, 5) is 28.0. The first kappa shape index (κ1) is 22.7. The molecule has 0 fully saturated rings. The number of carbonyl (C=O) groups excluding carboxylic acids is 2. The number of fused-ring (bicyclic) bond motifs is 2. The predicted octanol–water partition coefficient (Wildman–Crippen LogP) is 3.56. The van der Waals surface area contributed by atoms with Crippen LogP contribution in [0.15, 0.2) is 54.6 Å². The van der Waals surface area contributed by atoms with Crippen molar-refractivity contribution in [1.29, 1.82) is 0 Å². The highest BCUT2D eigenvalue weighted by Gasteiger charge is 2.33. The number of amides is 2. The number of methoxy groups -OCH3 is 1. The van der Waals surface area contributed by atoms with Gasteiger partial charge in [0.2, 0.25) is 11.8 Å². The minimum atomic E-state index is -0.668. The molecule has 2 N–H and O–H groups in total. The van der Waals surface area contributed by atoms with Gasteiger partial charge in [-0.3, -0.25) is 9.59 Å². The number of nitrogens with zero attached hydrogens (tertiary/aromatic N) is 1. The molecule has 1 heterocycles. The van der Waals surface area contributed by atoms with Crippen LogP contribution in [0, 0.1) is 5.82 Å². The highest BCUT2D eigenvalue weighted by atomic mass is 19.1. The third-order valence-electron chi connectivity index (χ3n) is 6.30. The average Bonchev–Trinajstić information content (AvgIpc) is 2.96. The van der Waals surface area contributed by atoms with Gasteiger partial charge in [0.05, 0.1) is 19.7 Å². The quantitative estimate of drug-likeness (QED) is 0.604. The highest BCUT2D eigenvalue weighted by Crippen LogP contribution is 2.34. The number of para-hydroxylation sites is 1. The number of likely N-dealkylation sites (N-methyl/N-ethyl adjacent to an activating group) is 1. The summed E-state index contributed by atoms with van der Waals surface area (Å²) < 4.78 is 20.1. The van der Waals surface area contributed by atoms with Gasteiger partial charge in [0.1, 0.15) is 17.6 Å². The van der Waals surface area contributed by atoms with Crippen molar-refractivity contribution >= 4 is 28.3 Å². The molecule has 172 valence electrons. The number of aryl methyl sites for hydroxylation is 1. The zero-order chi connectivity index (χ0) is 23.5. The molecule has 0 bridgehead atoms. The van der Waals surface area contributed by atoms with E-state index in [1.165, 1.54) is 6.07 Å². The molecule has 2 amide bonds. The Hall–Kier alpha value is -3.45. The van der Waals surface area contributed by atoms with E-state index in [1.54, 1.807) is 44.2 Å². The summed E-state index contributed by atoms with van der Waals surface area (Å²) >= 11 is 0. The van der Waals surface area contributed by atoms with Crippen LogP contribution in [0.1, 0.15) is 24.5 Å². The van der Waals surface area contributed by atoms with Gasteiger partial charge in [-0.2, -0.15) is 0 Å². The fourth-order valence-corrected chi connectivity index (χ4v) is 4.31. The van der Waals surface area contributed by atoms with E-state index in [0.717, 1.165) is 11.3 Å². The van der Waals surface area contributed by atoms with Crippen LogP contribution < -0.4 is 20.3 Å². The Morgan fingerprint density at radius 1 is 1.15 bits per heavy atom. The van der Waals surface area contributed by atoms with Gasteiger partial charge in [0.15, 0.2) is 0 Å². The molecule has 0 unspecified atom stereocenters. The van der Waals surface area contributed by atoms with E-state index in [9.17, 15) is 14.0 Å². The van der Waals surface area contributed by atoms with Crippen molar-refractivity contribution in [2.75, 3.05) is 19.1 Å². The molecular formula is C26H28FN3O3. The molecule has 33 heavy (non-hydrogen) atoms.